The Hall–Kier alpha value is -0.380. The Morgan fingerprint density at radius 3 is 2.92 bits per heavy atom. The predicted octanol–water partition coefficient (Wildman–Crippen LogP) is 1.35. The Bertz CT molecular complexity index is 164. The molecule has 2 unspecified atom stereocenters. The number of rotatable bonds is 4. The number of nitrogens with one attached hydrogen (secondary N) is 1. The van der Waals surface area contributed by atoms with Crippen LogP contribution in [0.3, 0.4) is 0 Å². The highest BCUT2D eigenvalue weighted by atomic mass is 16.5. The standard InChI is InChI=1S/C10H20N2O/c1-8(2)10(12-11)7-9-5-3-4-6-13-9/h9-10,12H,1,3-7,11H2,2H3. The molecule has 0 aromatic rings. The largest absolute Gasteiger partial charge is 0.378 e. The summed E-state index contributed by atoms with van der Waals surface area (Å²) >= 11 is 0. The summed E-state index contributed by atoms with van der Waals surface area (Å²) in [6, 6.07) is 0.197. The van der Waals surface area contributed by atoms with Crippen LogP contribution < -0.4 is 11.3 Å². The monoisotopic (exact) mass is 184 g/mol. The lowest BCUT2D eigenvalue weighted by Gasteiger charge is -2.26. The SMILES string of the molecule is C=C(C)C(CC1CCCCO1)NN. The highest BCUT2D eigenvalue weighted by Crippen LogP contribution is 2.18. The Morgan fingerprint density at radius 2 is 2.46 bits per heavy atom. The van der Waals surface area contributed by atoms with Crippen LogP contribution in [0.1, 0.15) is 32.6 Å². The fraction of sp³-hybridized carbons (Fsp3) is 0.800. The maximum atomic E-state index is 5.62. The molecular formula is C10H20N2O. The van der Waals surface area contributed by atoms with Crippen LogP contribution in [-0.4, -0.2) is 18.8 Å². The highest BCUT2D eigenvalue weighted by Gasteiger charge is 2.18. The molecule has 13 heavy (non-hydrogen) atoms. The van der Waals surface area contributed by atoms with Crippen LogP contribution in [0, 0.1) is 0 Å². The summed E-state index contributed by atoms with van der Waals surface area (Å²) in [5.41, 5.74) is 3.85. The average Bonchev–Trinajstić information content (AvgIpc) is 2.15. The summed E-state index contributed by atoms with van der Waals surface area (Å²) in [4.78, 5) is 0. The topological polar surface area (TPSA) is 47.3 Å². The van der Waals surface area contributed by atoms with Crippen molar-refractivity contribution in [2.45, 2.75) is 44.8 Å². The minimum absolute atomic E-state index is 0.197. The van der Waals surface area contributed by atoms with Crippen molar-refractivity contribution in [2.75, 3.05) is 6.61 Å². The Labute approximate surface area is 80.3 Å². The summed E-state index contributed by atoms with van der Waals surface area (Å²) in [5.74, 6) is 5.42. The van der Waals surface area contributed by atoms with Crippen LogP contribution >= 0.6 is 0 Å². The Kier molecular flexibility index (Phi) is 4.42. The second-order valence-corrected chi connectivity index (χ2v) is 3.79. The molecule has 2 atom stereocenters. The zero-order chi connectivity index (χ0) is 9.68. The lowest BCUT2D eigenvalue weighted by atomic mass is 9.99. The molecule has 0 spiro atoms. The van der Waals surface area contributed by atoms with Crippen LogP contribution in [0.4, 0.5) is 0 Å². The fourth-order valence-electron chi connectivity index (χ4n) is 1.67. The van der Waals surface area contributed by atoms with Gasteiger partial charge in [0.05, 0.1) is 6.10 Å². The first-order chi connectivity index (χ1) is 6.24. The molecule has 1 saturated heterocycles. The van der Waals surface area contributed by atoms with Crippen LogP contribution in [0.2, 0.25) is 0 Å². The van der Waals surface area contributed by atoms with Crippen molar-refractivity contribution in [3.8, 4) is 0 Å². The minimum atomic E-state index is 0.197. The molecule has 1 aliphatic rings. The van der Waals surface area contributed by atoms with Gasteiger partial charge in [-0.1, -0.05) is 12.2 Å². The van der Waals surface area contributed by atoms with Crippen molar-refractivity contribution < 1.29 is 4.74 Å². The van der Waals surface area contributed by atoms with Gasteiger partial charge < -0.3 is 4.74 Å². The zero-order valence-corrected chi connectivity index (χ0v) is 8.38. The van der Waals surface area contributed by atoms with Gasteiger partial charge in [-0.3, -0.25) is 11.3 Å². The quantitative estimate of drug-likeness (QED) is 0.394. The molecule has 1 heterocycles. The minimum Gasteiger partial charge on any atom is -0.378 e. The van der Waals surface area contributed by atoms with Gasteiger partial charge in [0.1, 0.15) is 0 Å². The second kappa shape index (κ2) is 5.37. The molecule has 76 valence electrons. The van der Waals surface area contributed by atoms with Gasteiger partial charge in [-0.15, -0.1) is 0 Å². The molecule has 0 aliphatic carbocycles. The molecule has 0 radical (unpaired) electrons. The van der Waals surface area contributed by atoms with Crippen LogP contribution in [0.25, 0.3) is 0 Å². The molecule has 0 amide bonds. The molecule has 0 aromatic heterocycles. The van der Waals surface area contributed by atoms with Gasteiger partial charge in [0, 0.05) is 12.6 Å². The van der Waals surface area contributed by atoms with Crippen molar-refractivity contribution in [1.29, 1.82) is 0 Å². The van der Waals surface area contributed by atoms with Gasteiger partial charge in [0.15, 0.2) is 0 Å². The van der Waals surface area contributed by atoms with Gasteiger partial charge in [-0.05, 0) is 32.6 Å². The molecular weight excluding hydrogens is 164 g/mol. The van der Waals surface area contributed by atoms with E-state index in [2.05, 4.69) is 12.0 Å². The fourth-order valence-corrected chi connectivity index (χ4v) is 1.67. The van der Waals surface area contributed by atoms with E-state index in [1.807, 2.05) is 6.92 Å². The van der Waals surface area contributed by atoms with E-state index in [4.69, 9.17) is 10.6 Å². The van der Waals surface area contributed by atoms with E-state index in [0.717, 1.165) is 25.0 Å². The normalized spacial score (nSPS) is 25.5. The van der Waals surface area contributed by atoms with Crippen LogP contribution in [-0.2, 0) is 4.74 Å². The molecule has 3 nitrogen and oxygen atoms in total. The number of nitrogens with two attached hydrogens (primary N) is 1. The summed E-state index contributed by atoms with van der Waals surface area (Å²) in [6.07, 6.45) is 4.95. The molecule has 0 aromatic carbocycles. The van der Waals surface area contributed by atoms with Crippen molar-refractivity contribution in [1.82, 2.24) is 5.43 Å². The summed E-state index contributed by atoms with van der Waals surface area (Å²) in [5, 5.41) is 0. The van der Waals surface area contributed by atoms with E-state index in [1.54, 1.807) is 0 Å². The average molecular weight is 184 g/mol. The lowest BCUT2D eigenvalue weighted by Crippen LogP contribution is -2.39. The third-order valence-corrected chi connectivity index (χ3v) is 2.57. The van der Waals surface area contributed by atoms with E-state index in [0.29, 0.717) is 6.10 Å². The smallest absolute Gasteiger partial charge is 0.0593 e. The first-order valence-corrected chi connectivity index (χ1v) is 4.97. The third kappa shape index (κ3) is 3.46. The number of hydrogen-bond donors (Lipinski definition) is 2. The van der Waals surface area contributed by atoms with Crippen molar-refractivity contribution >= 4 is 0 Å². The molecule has 3 heteroatoms. The summed E-state index contributed by atoms with van der Waals surface area (Å²) < 4.78 is 5.62. The Balaban J connectivity index is 2.31. The summed E-state index contributed by atoms with van der Waals surface area (Å²) in [6.45, 7) is 6.79. The maximum Gasteiger partial charge on any atom is 0.0593 e. The van der Waals surface area contributed by atoms with Crippen molar-refractivity contribution in [3.63, 3.8) is 0 Å². The maximum absolute atomic E-state index is 5.62. The number of hydrogen-bond acceptors (Lipinski definition) is 3. The highest BCUT2D eigenvalue weighted by molar-refractivity contribution is 5.01. The van der Waals surface area contributed by atoms with Gasteiger partial charge >= 0.3 is 0 Å². The van der Waals surface area contributed by atoms with Crippen molar-refractivity contribution in [2.24, 2.45) is 5.84 Å². The lowest BCUT2D eigenvalue weighted by molar-refractivity contribution is 0.00728. The van der Waals surface area contributed by atoms with E-state index in [-0.39, 0.29) is 6.04 Å². The third-order valence-electron chi connectivity index (χ3n) is 2.57. The van der Waals surface area contributed by atoms with E-state index in [1.165, 1.54) is 12.8 Å². The number of ether oxygens (including phenoxy) is 1. The van der Waals surface area contributed by atoms with E-state index < -0.39 is 0 Å². The van der Waals surface area contributed by atoms with Crippen LogP contribution in [0.5, 0.6) is 0 Å². The van der Waals surface area contributed by atoms with Crippen molar-refractivity contribution in [3.05, 3.63) is 12.2 Å². The van der Waals surface area contributed by atoms with Gasteiger partial charge in [-0.25, -0.2) is 0 Å². The molecule has 0 bridgehead atoms. The Morgan fingerprint density at radius 1 is 1.69 bits per heavy atom. The first-order valence-electron chi connectivity index (χ1n) is 4.97. The van der Waals surface area contributed by atoms with Crippen LogP contribution in [0.15, 0.2) is 12.2 Å². The molecule has 0 saturated carbocycles. The van der Waals surface area contributed by atoms with E-state index in [9.17, 15) is 0 Å². The predicted molar refractivity (Wildman–Crippen MR) is 54.1 cm³/mol. The van der Waals surface area contributed by atoms with Gasteiger partial charge in [-0.2, -0.15) is 0 Å². The molecule has 1 aliphatic heterocycles. The summed E-state index contributed by atoms with van der Waals surface area (Å²) in [7, 11) is 0. The molecule has 1 rings (SSSR count). The van der Waals surface area contributed by atoms with E-state index >= 15 is 0 Å². The first kappa shape index (κ1) is 10.7. The number of hydrazine groups is 1. The van der Waals surface area contributed by atoms with Gasteiger partial charge in [0.25, 0.3) is 0 Å². The zero-order valence-electron chi connectivity index (χ0n) is 8.38. The molecule has 1 fully saturated rings. The molecule has 3 N–H and O–H groups in total. The second-order valence-electron chi connectivity index (χ2n) is 3.79. The van der Waals surface area contributed by atoms with Gasteiger partial charge in [0.2, 0.25) is 0 Å².